The van der Waals surface area contributed by atoms with Crippen molar-refractivity contribution in [3.8, 4) is 11.3 Å². The molecule has 0 aliphatic heterocycles. The highest BCUT2D eigenvalue weighted by Gasteiger charge is 2.32. The number of nitrogens with zero attached hydrogens (tertiary/aromatic N) is 1. The maximum atomic E-state index is 12.4. The fraction of sp³-hybridized carbons (Fsp3) is 0.182. The van der Waals surface area contributed by atoms with Gasteiger partial charge in [0.25, 0.3) is 0 Å². The smallest absolute Gasteiger partial charge is 0.433 e. The fourth-order valence-corrected chi connectivity index (χ4v) is 1.33. The monoisotopic (exact) mass is 227 g/mol. The van der Waals surface area contributed by atoms with E-state index in [1.807, 2.05) is 0 Å². The van der Waals surface area contributed by atoms with Crippen LogP contribution in [-0.4, -0.2) is 4.98 Å². The Morgan fingerprint density at radius 3 is 2.50 bits per heavy atom. The van der Waals surface area contributed by atoms with Gasteiger partial charge in [0.05, 0.1) is 0 Å². The van der Waals surface area contributed by atoms with Crippen LogP contribution in [0.2, 0.25) is 0 Å². The Hall–Kier alpha value is -1.78. The van der Waals surface area contributed by atoms with Gasteiger partial charge in [-0.3, -0.25) is 4.98 Å². The van der Waals surface area contributed by atoms with E-state index < -0.39 is 11.9 Å². The fourth-order valence-electron chi connectivity index (χ4n) is 1.33. The van der Waals surface area contributed by atoms with E-state index in [0.29, 0.717) is 17.1 Å². The van der Waals surface area contributed by atoms with Crippen molar-refractivity contribution in [1.29, 1.82) is 0 Å². The van der Waals surface area contributed by atoms with Gasteiger partial charge < -0.3 is 4.42 Å². The van der Waals surface area contributed by atoms with E-state index in [-0.39, 0.29) is 0 Å². The van der Waals surface area contributed by atoms with Gasteiger partial charge in [0.1, 0.15) is 17.2 Å². The van der Waals surface area contributed by atoms with Gasteiger partial charge in [0, 0.05) is 11.8 Å². The number of pyridine rings is 1. The highest BCUT2D eigenvalue weighted by atomic mass is 19.4. The Labute approximate surface area is 89.7 Å². The summed E-state index contributed by atoms with van der Waals surface area (Å²) >= 11 is 0. The number of alkyl halides is 3. The van der Waals surface area contributed by atoms with E-state index in [4.69, 9.17) is 4.42 Å². The van der Waals surface area contributed by atoms with Crippen molar-refractivity contribution in [1.82, 2.24) is 4.98 Å². The predicted molar refractivity (Wildman–Crippen MR) is 51.7 cm³/mol. The molecule has 5 heteroatoms. The quantitative estimate of drug-likeness (QED) is 0.742. The van der Waals surface area contributed by atoms with Crippen LogP contribution < -0.4 is 0 Å². The van der Waals surface area contributed by atoms with Gasteiger partial charge in [-0.25, -0.2) is 0 Å². The second-order valence-electron chi connectivity index (χ2n) is 3.34. The van der Waals surface area contributed by atoms with Crippen LogP contribution in [0.15, 0.2) is 34.9 Å². The van der Waals surface area contributed by atoms with Crippen LogP contribution in [0.5, 0.6) is 0 Å². The first kappa shape index (κ1) is 10.7. The highest BCUT2D eigenvalue weighted by Crippen LogP contribution is 2.30. The number of hydrogen-bond donors (Lipinski definition) is 0. The van der Waals surface area contributed by atoms with Crippen molar-refractivity contribution in [2.45, 2.75) is 13.1 Å². The summed E-state index contributed by atoms with van der Waals surface area (Å²) in [6, 6.07) is 5.78. The van der Waals surface area contributed by atoms with Crippen molar-refractivity contribution in [3.05, 3.63) is 41.9 Å². The summed E-state index contributed by atoms with van der Waals surface area (Å²) in [5.74, 6) is 1.06. The molecule has 0 aliphatic carbocycles. The number of hydrogen-bond acceptors (Lipinski definition) is 2. The molecule has 0 N–H and O–H groups in total. The average Bonchev–Trinajstić information content (AvgIpc) is 2.64. The first-order valence-electron chi connectivity index (χ1n) is 4.57. The maximum absolute atomic E-state index is 12.4. The van der Waals surface area contributed by atoms with Gasteiger partial charge >= 0.3 is 6.18 Å². The van der Waals surface area contributed by atoms with Gasteiger partial charge in [-0.05, 0) is 31.2 Å². The molecule has 0 unspecified atom stereocenters. The molecule has 0 aromatic carbocycles. The van der Waals surface area contributed by atoms with Crippen LogP contribution >= 0.6 is 0 Å². The minimum Gasteiger partial charge on any atom is -0.461 e. The average molecular weight is 227 g/mol. The molecule has 2 heterocycles. The third-order valence-electron chi connectivity index (χ3n) is 2.08. The molecule has 2 rings (SSSR count). The second-order valence-corrected chi connectivity index (χ2v) is 3.34. The van der Waals surface area contributed by atoms with E-state index >= 15 is 0 Å². The normalized spacial score (nSPS) is 11.8. The van der Waals surface area contributed by atoms with Crippen molar-refractivity contribution >= 4 is 0 Å². The zero-order valence-electron chi connectivity index (χ0n) is 8.38. The number of aryl methyl sites for hydroxylation is 1. The summed E-state index contributed by atoms with van der Waals surface area (Å²) in [6.07, 6.45) is -3.31. The molecule has 0 saturated carbocycles. The third kappa shape index (κ3) is 2.08. The van der Waals surface area contributed by atoms with Gasteiger partial charge in [-0.2, -0.15) is 13.2 Å². The summed E-state index contributed by atoms with van der Waals surface area (Å²) in [4.78, 5) is 3.28. The summed E-state index contributed by atoms with van der Waals surface area (Å²) in [7, 11) is 0. The first-order chi connectivity index (χ1) is 7.47. The Bertz CT molecular complexity index is 502. The lowest BCUT2D eigenvalue weighted by molar-refractivity contribution is -0.141. The first-order valence-corrected chi connectivity index (χ1v) is 4.57. The number of halogens is 3. The predicted octanol–water partition coefficient (Wildman–Crippen LogP) is 3.67. The van der Waals surface area contributed by atoms with Crippen LogP contribution in [0, 0.1) is 6.92 Å². The SMILES string of the molecule is Cc1ccc(-c2ccnc(C(F)(F)F)c2)o1. The van der Waals surface area contributed by atoms with E-state index in [9.17, 15) is 13.2 Å². The molecule has 0 radical (unpaired) electrons. The third-order valence-corrected chi connectivity index (χ3v) is 2.08. The molecule has 0 aliphatic rings. The van der Waals surface area contributed by atoms with E-state index in [1.54, 1.807) is 19.1 Å². The van der Waals surface area contributed by atoms with Crippen molar-refractivity contribution in [2.24, 2.45) is 0 Å². The molecule has 0 amide bonds. The number of aromatic nitrogens is 1. The molecule has 0 atom stereocenters. The summed E-state index contributed by atoms with van der Waals surface area (Å²) < 4.78 is 42.4. The zero-order chi connectivity index (χ0) is 11.8. The number of rotatable bonds is 1. The van der Waals surface area contributed by atoms with Crippen LogP contribution in [-0.2, 0) is 6.18 Å². The van der Waals surface area contributed by atoms with Gasteiger partial charge in [-0.15, -0.1) is 0 Å². The Morgan fingerprint density at radius 1 is 1.19 bits per heavy atom. The largest absolute Gasteiger partial charge is 0.461 e. The Morgan fingerprint density at radius 2 is 1.94 bits per heavy atom. The molecule has 0 saturated heterocycles. The van der Waals surface area contributed by atoms with Crippen LogP contribution in [0.3, 0.4) is 0 Å². The van der Waals surface area contributed by atoms with E-state index in [2.05, 4.69) is 4.98 Å². The lowest BCUT2D eigenvalue weighted by atomic mass is 10.2. The second kappa shape index (κ2) is 3.66. The molecule has 84 valence electrons. The van der Waals surface area contributed by atoms with Crippen LogP contribution in [0.1, 0.15) is 11.5 Å². The summed E-state index contributed by atoms with van der Waals surface area (Å²) in [5, 5.41) is 0. The van der Waals surface area contributed by atoms with E-state index in [1.165, 1.54) is 6.07 Å². The molecule has 0 fully saturated rings. The Balaban J connectivity index is 2.44. The summed E-state index contributed by atoms with van der Waals surface area (Å²) in [5.41, 5.74) is -0.547. The van der Waals surface area contributed by atoms with Crippen molar-refractivity contribution in [2.75, 3.05) is 0 Å². The highest BCUT2D eigenvalue weighted by molar-refractivity contribution is 5.57. The molecule has 16 heavy (non-hydrogen) atoms. The molecule has 2 aromatic rings. The van der Waals surface area contributed by atoms with Crippen LogP contribution in [0.4, 0.5) is 13.2 Å². The van der Waals surface area contributed by atoms with Crippen molar-refractivity contribution < 1.29 is 17.6 Å². The lowest BCUT2D eigenvalue weighted by Crippen LogP contribution is -2.07. The minimum atomic E-state index is -4.43. The van der Waals surface area contributed by atoms with Gasteiger partial charge in [0.15, 0.2) is 0 Å². The molecular weight excluding hydrogens is 219 g/mol. The molecule has 0 bridgehead atoms. The zero-order valence-corrected chi connectivity index (χ0v) is 8.38. The Kier molecular flexibility index (Phi) is 2.46. The maximum Gasteiger partial charge on any atom is 0.433 e. The molecule has 2 nitrogen and oxygen atoms in total. The topological polar surface area (TPSA) is 26.0 Å². The van der Waals surface area contributed by atoms with Gasteiger partial charge in [-0.1, -0.05) is 0 Å². The standard InChI is InChI=1S/C11H8F3NO/c1-7-2-3-9(16-7)8-4-5-15-10(6-8)11(12,13)14/h2-6H,1H3. The van der Waals surface area contributed by atoms with Gasteiger partial charge in [0.2, 0.25) is 0 Å². The van der Waals surface area contributed by atoms with Crippen molar-refractivity contribution in [3.63, 3.8) is 0 Å². The molecular formula is C11H8F3NO. The van der Waals surface area contributed by atoms with E-state index in [0.717, 1.165) is 12.3 Å². The molecule has 2 aromatic heterocycles. The minimum absolute atomic E-state index is 0.371. The lowest BCUT2D eigenvalue weighted by Gasteiger charge is -2.06. The summed E-state index contributed by atoms with van der Waals surface area (Å²) in [6.45, 7) is 1.73. The van der Waals surface area contributed by atoms with Crippen LogP contribution in [0.25, 0.3) is 11.3 Å². The number of furan rings is 1. The molecule has 0 spiro atoms.